The van der Waals surface area contributed by atoms with E-state index < -0.39 is 0 Å². The molecule has 0 aliphatic carbocycles. The van der Waals surface area contributed by atoms with E-state index >= 15 is 0 Å². The molecule has 2 heterocycles. The van der Waals surface area contributed by atoms with E-state index in [0.717, 1.165) is 19.4 Å². The van der Waals surface area contributed by atoms with Gasteiger partial charge >= 0.3 is 0 Å². The fourth-order valence-electron chi connectivity index (χ4n) is 1.83. The van der Waals surface area contributed by atoms with Crippen LogP contribution >= 0.6 is 11.6 Å². The van der Waals surface area contributed by atoms with Gasteiger partial charge < -0.3 is 9.30 Å². The Labute approximate surface area is 97.8 Å². The lowest BCUT2D eigenvalue weighted by Crippen LogP contribution is -2.28. The van der Waals surface area contributed by atoms with Gasteiger partial charge in [-0.25, -0.2) is 0 Å². The Balaban J connectivity index is 2.27. The first-order valence-electron chi connectivity index (χ1n) is 5.18. The smallest absolute Gasteiger partial charge is 0.262 e. The summed E-state index contributed by atoms with van der Waals surface area (Å²) >= 11 is 5.74. The minimum Gasteiger partial charge on any atom is -0.376 e. The molecule has 1 atom stereocenters. The molecule has 0 bridgehead atoms. The average Bonchev–Trinajstić information content (AvgIpc) is 2.76. The topological polar surface area (TPSA) is 48.3 Å². The first-order chi connectivity index (χ1) is 7.72. The van der Waals surface area contributed by atoms with Crippen molar-refractivity contribution in [1.29, 1.82) is 0 Å². The van der Waals surface area contributed by atoms with Crippen LogP contribution in [0.25, 0.3) is 0 Å². The Morgan fingerprint density at radius 2 is 2.44 bits per heavy atom. The summed E-state index contributed by atoms with van der Waals surface area (Å²) in [6, 6.07) is 1.56. The van der Waals surface area contributed by atoms with Crippen molar-refractivity contribution in [2.45, 2.75) is 25.5 Å². The number of aldehydes is 1. The standard InChI is InChI=1S/C11H12ClNO3/c12-10-3-4-13(11(15)9(10)7-14)6-8-2-1-5-16-8/h3-4,7-8H,1-2,5-6H2/t8-/m0/s1. The van der Waals surface area contributed by atoms with Gasteiger partial charge in [0, 0.05) is 12.8 Å². The Morgan fingerprint density at radius 1 is 1.62 bits per heavy atom. The SMILES string of the molecule is O=Cc1c(Cl)ccn(C[C@@H]2CCCO2)c1=O. The van der Waals surface area contributed by atoms with E-state index in [1.165, 1.54) is 4.57 Å². The predicted molar refractivity (Wildman–Crippen MR) is 60.1 cm³/mol. The molecule has 1 aromatic heterocycles. The lowest BCUT2D eigenvalue weighted by molar-refractivity contribution is 0.0958. The van der Waals surface area contributed by atoms with Crippen molar-refractivity contribution < 1.29 is 9.53 Å². The zero-order valence-corrected chi connectivity index (χ0v) is 9.44. The van der Waals surface area contributed by atoms with Crippen LogP contribution in [0.3, 0.4) is 0 Å². The first kappa shape index (κ1) is 11.4. The van der Waals surface area contributed by atoms with E-state index in [4.69, 9.17) is 16.3 Å². The zero-order valence-electron chi connectivity index (χ0n) is 8.69. The number of hydrogen-bond acceptors (Lipinski definition) is 3. The van der Waals surface area contributed by atoms with Gasteiger partial charge in [-0.15, -0.1) is 0 Å². The summed E-state index contributed by atoms with van der Waals surface area (Å²) in [5.74, 6) is 0. The Bertz CT molecular complexity index is 449. The van der Waals surface area contributed by atoms with Gasteiger partial charge in [-0.05, 0) is 18.9 Å². The maximum absolute atomic E-state index is 11.8. The van der Waals surface area contributed by atoms with Crippen LogP contribution in [0.1, 0.15) is 23.2 Å². The van der Waals surface area contributed by atoms with Crippen LogP contribution < -0.4 is 5.56 Å². The molecule has 16 heavy (non-hydrogen) atoms. The monoisotopic (exact) mass is 241 g/mol. The summed E-state index contributed by atoms with van der Waals surface area (Å²) in [6.07, 6.45) is 4.13. The van der Waals surface area contributed by atoms with Gasteiger partial charge in [-0.2, -0.15) is 0 Å². The van der Waals surface area contributed by atoms with Crippen LogP contribution in [0.15, 0.2) is 17.1 Å². The van der Waals surface area contributed by atoms with Crippen molar-refractivity contribution in [3.8, 4) is 0 Å². The van der Waals surface area contributed by atoms with Crippen LogP contribution in [-0.4, -0.2) is 23.6 Å². The highest BCUT2D eigenvalue weighted by atomic mass is 35.5. The number of aromatic nitrogens is 1. The number of nitrogens with zero attached hydrogens (tertiary/aromatic N) is 1. The quantitative estimate of drug-likeness (QED) is 0.754. The third kappa shape index (κ3) is 2.18. The summed E-state index contributed by atoms with van der Waals surface area (Å²) in [4.78, 5) is 22.5. The summed E-state index contributed by atoms with van der Waals surface area (Å²) in [5.41, 5.74) is -0.333. The summed E-state index contributed by atoms with van der Waals surface area (Å²) in [7, 11) is 0. The maximum Gasteiger partial charge on any atom is 0.262 e. The molecule has 1 aromatic rings. The maximum atomic E-state index is 11.8. The Hall–Kier alpha value is -1.13. The number of ether oxygens (including phenoxy) is 1. The van der Waals surface area contributed by atoms with Gasteiger partial charge in [0.05, 0.1) is 23.2 Å². The van der Waals surface area contributed by atoms with E-state index in [1.807, 2.05) is 0 Å². The average molecular weight is 242 g/mol. The molecule has 0 radical (unpaired) electrons. The highest BCUT2D eigenvalue weighted by molar-refractivity contribution is 6.32. The van der Waals surface area contributed by atoms with Gasteiger partial charge in [-0.3, -0.25) is 9.59 Å². The third-order valence-corrected chi connectivity index (χ3v) is 3.02. The third-order valence-electron chi connectivity index (χ3n) is 2.69. The van der Waals surface area contributed by atoms with Crippen molar-refractivity contribution >= 4 is 17.9 Å². The van der Waals surface area contributed by atoms with Crippen molar-refractivity contribution in [3.63, 3.8) is 0 Å². The molecule has 1 aliphatic heterocycles. The van der Waals surface area contributed by atoms with Gasteiger partial charge in [0.15, 0.2) is 6.29 Å². The first-order valence-corrected chi connectivity index (χ1v) is 5.56. The van der Waals surface area contributed by atoms with Crippen molar-refractivity contribution in [2.75, 3.05) is 6.61 Å². The predicted octanol–water partition coefficient (Wildman–Crippen LogP) is 1.49. The Kier molecular flexibility index (Phi) is 3.41. The van der Waals surface area contributed by atoms with Crippen LogP contribution in [0, 0.1) is 0 Å². The number of pyridine rings is 1. The van der Waals surface area contributed by atoms with Crippen molar-refractivity contribution in [3.05, 3.63) is 33.2 Å². The number of carbonyl (C=O) groups is 1. The minimum absolute atomic E-state index is 0.0159. The summed E-state index contributed by atoms with van der Waals surface area (Å²) < 4.78 is 6.91. The fraction of sp³-hybridized carbons (Fsp3) is 0.455. The molecule has 0 saturated carbocycles. The molecule has 4 nitrogen and oxygen atoms in total. The number of rotatable bonds is 3. The van der Waals surface area contributed by atoms with Crippen LogP contribution in [-0.2, 0) is 11.3 Å². The minimum atomic E-state index is -0.349. The van der Waals surface area contributed by atoms with E-state index in [1.54, 1.807) is 12.3 Å². The molecule has 1 saturated heterocycles. The lowest BCUT2D eigenvalue weighted by atomic mass is 10.2. The molecular formula is C11H12ClNO3. The van der Waals surface area contributed by atoms with Gasteiger partial charge in [0.25, 0.3) is 5.56 Å². The van der Waals surface area contributed by atoms with Crippen LogP contribution in [0.5, 0.6) is 0 Å². The van der Waals surface area contributed by atoms with E-state index in [-0.39, 0.29) is 22.2 Å². The van der Waals surface area contributed by atoms with Gasteiger partial charge in [0.1, 0.15) is 0 Å². The lowest BCUT2D eigenvalue weighted by Gasteiger charge is -2.12. The molecular weight excluding hydrogens is 230 g/mol. The second kappa shape index (κ2) is 4.80. The molecule has 86 valence electrons. The fourth-order valence-corrected chi connectivity index (χ4v) is 2.01. The molecule has 0 spiro atoms. The second-order valence-electron chi connectivity index (χ2n) is 3.79. The summed E-state index contributed by atoms with van der Waals surface area (Å²) in [5, 5.41) is 0.198. The van der Waals surface area contributed by atoms with Crippen LogP contribution in [0.4, 0.5) is 0 Å². The van der Waals surface area contributed by atoms with Crippen molar-refractivity contribution in [1.82, 2.24) is 4.57 Å². The van der Waals surface area contributed by atoms with E-state index in [0.29, 0.717) is 12.8 Å². The second-order valence-corrected chi connectivity index (χ2v) is 4.19. The number of hydrogen-bond donors (Lipinski definition) is 0. The van der Waals surface area contributed by atoms with Gasteiger partial charge in [0.2, 0.25) is 0 Å². The number of carbonyl (C=O) groups excluding carboxylic acids is 1. The highest BCUT2D eigenvalue weighted by Crippen LogP contribution is 2.14. The molecule has 2 rings (SSSR count). The van der Waals surface area contributed by atoms with Crippen molar-refractivity contribution in [2.24, 2.45) is 0 Å². The molecule has 0 unspecified atom stereocenters. The molecule has 5 heteroatoms. The summed E-state index contributed by atoms with van der Waals surface area (Å²) in [6.45, 7) is 1.23. The molecule has 0 amide bonds. The molecule has 0 aromatic carbocycles. The Morgan fingerprint density at radius 3 is 3.06 bits per heavy atom. The molecule has 1 aliphatic rings. The number of halogens is 1. The van der Waals surface area contributed by atoms with Gasteiger partial charge in [-0.1, -0.05) is 11.6 Å². The zero-order chi connectivity index (χ0) is 11.5. The highest BCUT2D eigenvalue weighted by Gasteiger charge is 2.17. The van der Waals surface area contributed by atoms with Crippen LogP contribution in [0.2, 0.25) is 5.02 Å². The normalized spacial score (nSPS) is 19.9. The van der Waals surface area contributed by atoms with E-state index in [2.05, 4.69) is 0 Å². The molecule has 0 N–H and O–H groups in total. The molecule has 1 fully saturated rings. The largest absolute Gasteiger partial charge is 0.376 e. The van der Waals surface area contributed by atoms with E-state index in [9.17, 15) is 9.59 Å².